The Balaban J connectivity index is 2.21. The van der Waals surface area contributed by atoms with Crippen LogP contribution in [-0.2, 0) is 10.2 Å². The minimum atomic E-state index is 0.0992. The molecule has 1 aromatic rings. The van der Waals surface area contributed by atoms with Crippen molar-refractivity contribution in [2.45, 2.75) is 18.3 Å². The van der Waals surface area contributed by atoms with Crippen molar-refractivity contribution in [1.29, 1.82) is 0 Å². The molecule has 1 saturated carbocycles. The molecule has 14 heavy (non-hydrogen) atoms. The van der Waals surface area contributed by atoms with Crippen LogP contribution in [0.3, 0.4) is 0 Å². The van der Waals surface area contributed by atoms with Crippen LogP contribution in [0, 0.1) is 0 Å². The van der Waals surface area contributed by atoms with E-state index in [0.29, 0.717) is 6.54 Å². The molecule has 1 aliphatic rings. The highest BCUT2D eigenvalue weighted by molar-refractivity contribution is 6.30. The van der Waals surface area contributed by atoms with Crippen molar-refractivity contribution in [2.75, 3.05) is 6.54 Å². The van der Waals surface area contributed by atoms with E-state index in [4.69, 9.17) is 11.6 Å². The molecule has 0 aromatic heterocycles. The monoisotopic (exact) mass is 207 g/mol. The lowest BCUT2D eigenvalue weighted by atomic mass is 9.96. The summed E-state index contributed by atoms with van der Waals surface area (Å²) in [7, 11) is 0. The van der Waals surface area contributed by atoms with Crippen LogP contribution in [0.1, 0.15) is 18.4 Å². The fourth-order valence-electron chi connectivity index (χ4n) is 1.68. The van der Waals surface area contributed by atoms with Gasteiger partial charge >= 0.3 is 0 Å². The van der Waals surface area contributed by atoms with Crippen LogP contribution in [-0.4, -0.2) is 12.6 Å². The Morgan fingerprint density at radius 1 is 1.36 bits per heavy atom. The second-order valence-electron chi connectivity index (χ2n) is 3.69. The van der Waals surface area contributed by atoms with E-state index in [-0.39, 0.29) is 5.41 Å². The molecule has 0 bridgehead atoms. The Hall–Kier alpha value is -1.11. The molecule has 0 spiro atoms. The second kappa shape index (κ2) is 3.56. The Morgan fingerprint density at radius 2 is 2.00 bits per heavy atom. The van der Waals surface area contributed by atoms with E-state index >= 15 is 0 Å². The molecule has 72 valence electrons. The summed E-state index contributed by atoms with van der Waals surface area (Å²) in [5.74, 6) is 0. The van der Waals surface area contributed by atoms with Crippen molar-refractivity contribution in [3.8, 4) is 0 Å². The molecule has 1 aliphatic carbocycles. The highest BCUT2D eigenvalue weighted by atomic mass is 35.5. The molecule has 0 N–H and O–H groups in total. The lowest BCUT2D eigenvalue weighted by Gasteiger charge is -2.11. The third-order valence-electron chi connectivity index (χ3n) is 2.76. The van der Waals surface area contributed by atoms with Crippen molar-refractivity contribution >= 4 is 17.7 Å². The Kier molecular flexibility index (Phi) is 2.40. The van der Waals surface area contributed by atoms with E-state index in [2.05, 4.69) is 4.99 Å². The fraction of sp³-hybridized carbons (Fsp3) is 0.364. The van der Waals surface area contributed by atoms with Crippen molar-refractivity contribution < 1.29 is 4.79 Å². The molecule has 0 unspecified atom stereocenters. The third-order valence-corrected chi connectivity index (χ3v) is 3.01. The van der Waals surface area contributed by atoms with Gasteiger partial charge in [-0.1, -0.05) is 23.7 Å². The normalized spacial score (nSPS) is 17.2. The average Bonchev–Trinajstić information content (AvgIpc) is 2.97. The van der Waals surface area contributed by atoms with Crippen LogP contribution >= 0.6 is 11.6 Å². The van der Waals surface area contributed by atoms with E-state index in [1.165, 1.54) is 5.56 Å². The van der Waals surface area contributed by atoms with Crippen molar-refractivity contribution in [3.05, 3.63) is 34.9 Å². The zero-order chi connectivity index (χ0) is 10.0. The van der Waals surface area contributed by atoms with Gasteiger partial charge in [0.15, 0.2) is 0 Å². The summed E-state index contributed by atoms with van der Waals surface area (Å²) in [5.41, 5.74) is 1.32. The minimum absolute atomic E-state index is 0.0992. The number of isocyanates is 1. The largest absolute Gasteiger partial charge is 0.234 e. The zero-order valence-electron chi connectivity index (χ0n) is 7.66. The van der Waals surface area contributed by atoms with E-state index in [1.807, 2.05) is 24.3 Å². The van der Waals surface area contributed by atoms with Gasteiger partial charge in [0.2, 0.25) is 6.08 Å². The van der Waals surface area contributed by atoms with Crippen LogP contribution in [0.25, 0.3) is 0 Å². The molecule has 3 heteroatoms. The highest BCUT2D eigenvalue weighted by Crippen LogP contribution is 2.48. The van der Waals surface area contributed by atoms with Gasteiger partial charge in [0.1, 0.15) is 0 Å². The molecule has 0 atom stereocenters. The molecule has 0 aliphatic heterocycles. The lowest BCUT2D eigenvalue weighted by molar-refractivity contribution is 0.559. The predicted octanol–water partition coefficient (Wildman–Crippen LogP) is 2.71. The number of benzene rings is 1. The summed E-state index contributed by atoms with van der Waals surface area (Å²) in [5, 5.41) is 0.739. The molecule has 0 amide bonds. The van der Waals surface area contributed by atoms with Gasteiger partial charge < -0.3 is 0 Å². The van der Waals surface area contributed by atoms with Crippen molar-refractivity contribution in [2.24, 2.45) is 4.99 Å². The summed E-state index contributed by atoms with van der Waals surface area (Å²) in [6.07, 6.45) is 3.79. The number of hydrogen-bond acceptors (Lipinski definition) is 2. The first-order chi connectivity index (χ1) is 6.77. The maximum atomic E-state index is 10.1. The zero-order valence-corrected chi connectivity index (χ0v) is 8.42. The van der Waals surface area contributed by atoms with E-state index in [0.717, 1.165) is 17.9 Å². The van der Waals surface area contributed by atoms with Gasteiger partial charge in [-0.15, -0.1) is 0 Å². The number of halogens is 1. The fourth-order valence-corrected chi connectivity index (χ4v) is 1.80. The topological polar surface area (TPSA) is 29.4 Å². The summed E-state index contributed by atoms with van der Waals surface area (Å²) in [6.45, 7) is 0.554. The van der Waals surface area contributed by atoms with E-state index in [9.17, 15) is 4.79 Å². The molecule has 0 heterocycles. The molecule has 2 rings (SSSR count). The smallest absolute Gasteiger partial charge is 0.211 e. The number of rotatable bonds is 3. The van der Waals surface area contributed by atoms with E-state index < -0.39 is 0 Å². The standard InChI is InChI=1S/C11H10ClNO/c12-10-3-1-9(2-4-10)11(5-6-11)7-13-8-14/h1-4H,5-7H2. The Morgan fingerprint density at radius 3 is 2.50 bits per heavy atom. The molecule has 0 saturated heterocycles. The number of hydrogen-bond donors (Lipinski definition) is 0. The van der Waals surface area contributed by atoms with Gasteiger partial charge in [-0.05, 0) is 30.5 Å². The van der Waals surface area contributed by atoms with Crippen molar-refractivity contribution in [3.63, 3.8) is 0 Å². The summed E-state index contributed by atoms with van der Waals surface area (Å²) in [4.78, 5) is 13.7. The quantitative estimate of drug-likeness (QED) is 0.554. The van der Waals surface area contributed by atoms with Crippen LogP contribution in [0.4, 0.5) is 0 Å². The molecule has 0 radical (unpaired) electrons. The molecule has 1 aromatic carbocycles. The van der Waals surface area contributed by atoms with Gasteiger partial charge in [-0.2, -0.15) is 0 Å². The SMILES string of the molecule is O=C=NCC1(c2ccc(Cl)cc2)CC1. The summed E-state index contributed by atoms with van der Waals surface area (Å²) >= 11 is 5.80. The lowest BCUT2D eigenvalue weighted by Crippen LogP contribution is -2.10. The van der Waals surface area contributed by atoms with Gasteiger partial charge in [-0.3, -0.25) is 0 Å². The number of carbonyl (C=O) groups excluding carboxylic acids is 1. The Bertz CT molecular complexity index is 375. The van der Waals surface area contributed by atoms with Crippen LogP contribution in [0.5, 0.6) is 0 Å². The van der Waals surface area contributed by atoms with Crippen LogP contribution in [0.2, 0.25) is 5.02 Å². The first kappa shape index (κ1) is 9.45. The van der Waals surface area contributed by atoms with E-state index in [1.54, 1.807) is 6.08 Å². The van der Waals surface area contributed by atoms with Gasteiger partial charge in [-0.25, -0.2) is 9.79 Å². The minimum Gasteiger partial charge on any atom is -0.211 e. The van der Waals surface area contributed by atoms with Crippen LogP contribution < -0.4 is 0 Å². The first-order valence-electron chi connectivity index (χ1n) is 4.56. The predicted molar refractivity (Wildman–Crippen MR) is 55.4 cm³/mol. The van der Waals surface area contributed by atoms with Gasteiger partial charge in [0.25, 0.3) is 0 Å². The number of aliphatic imine (C=N–C) groups is 1. The maximum Gasteiger partial charge on any atom is 0.234 e. The molecule has 2 nitrogen and oxygen atoms in total. The highest BCUT2D eigenvalue weighted by Gasteiger charge is 2.43. The summed E-state index contributed by atoms with van der Waals surface area (Å²) in [6, 6.07) is 7.77. The molecule has 1 fully saturated rings. The first-order valence-corrected chi connectivity index (χ1v) is 4.94. The van der Waals surface area contributed by atoms with Crippen LogP contribution in [0.15, 0.2) is 29.3 Å². The average molecular weight is 208 g/mol. The molecular formula is C11H10ClNO. The van der Waals surface area contributed by atoms with Gasteiger partial charge in [0, 0.05) is 10.4 Å². The maximum absolute atomic E-state index is 10.1. The Labute approximate surface area is 87.6 Å². The molecular weight excluding hydrogens is 198 g/mol. The van der Waals surface area contributed by atoms with Crippen molar-refractivity contribution in [1.82, 2.24) is 0 Å². The number of nitrogens with zero attached hydrogens (tertiary/aromatic N) is 1. The summed E-state index contributed by atoms with van der Waals surface area (Å²) < 4.78 is 0. The van der Waals surface area contributed by atoms with Gasteiger partial charge in [0.05, 0.1) is 6.54 Å². The third kappa shape index (κ3) is 1.72. The second-order valence-corrected chi connectivity index (χ2v) is 4.13.